The van der Waals surface area contributed by atoms with Crippen LogP contribution in [0.5, 0.6) is 0 Å². The van der Waals surface area contributed by atoms with Gasteiger partial charge >= 0.3 is 6.18 Å². The van der Waals surface area contributed by atoms with Gasteiger partial charge in [-0.25, -0.2) is 22.7 Å². The maximum absolute atomic E-state index is 16.5. The van der Waals surface area contributed by atoms with Crippen molar-refractivity contribution in [1.82, 2.24) is 20.3 Å². The van der Waals surface area contributed by atoms with E-state index in [2.05, 4.69) is 35.9 Å². The van der Waals surface area contributed by atoms with Gasteiger partial charge in [-0.1, -0.05) is 57.1 Å². The van der Waals surface area contributed by atoms with Crippen molar-refractivity contribution in [1.29, 1.82) is 0 Å². The van der Waals surface area contributed by atoms with E-state index in [4.69, 9.17) is 12.2 Å². The van der Waals surface area contributed by atoms with Gasteiger partial charge in [0, 0.05) is 12.6 Å². The standard InChI is InChI=1S/C25H34BrF4N5O2S2Si/c1-6-40(7-2,8-3)18-14-19(26)33-21(20(18)27)24(4,16-39(37,31-5)32-15-25(28,29)30)35-23(38)34-22(36)17-12-10-9-11-13-17/h9-14H,6-8,15-16H2,1-5H3,(H,31,32,37)(H2,34,35,36,38). The molecule has 15 heteroatoms. The van der Waals surface area contributed by atoms with E-state index in [0.717, 1.165) is 25.2 Å². The van der Waals surface area contributed by atoms with Gasteiger partial charge in [0.1, 0.15) is 32.6 Å². The summed E-state index contributed by atoms with van der Waals surface area (Å²) in [5.74, 6) is -1.86. The van der Waals surface area contributed by atoms with E-state index in [0.29, 0.717) is 15.4 Å². The van der Waals surface area contributed by atoms with Crippen molar-refractivity contribution in [3.8, 4) is 0 Å². The minimum Gasteiger partial charge on any atom is -0.350 e. The predicted molar refractivity (Wildman–Crippen MR) is 161 cm³/mol. The molecule has 0 radical (unpaired) electrons. The molecule has 1 aromatic carbocycles. The average molecular weight is 685 g/mol. The minimum atomic E-state index is -4.67. The van der Waals surface area contributed by atoms with Crippen LogP contribution in [0.1, 0.15) is 43.7 Å². The number of hydrogen-bond acceptors (Lipinski definition) is 5. The zero-order chi connectivity index (χ0) is 30.4. The van der Waals surface area contributed by atoms with E-state index in [1.54, 1.807) is 36.4 Å². The molecule has 7 nitrogen and oxygen atoms in total. The van der Waals surface area contributed by atoms with Crippen LogP contribution in [0.2, 0.25) is 18.1 Å². The van der Waals surface area contributed by atoms with Crippen LogP contribution < -0.4 is 20.5 Å². The van der Waals surface area contributed by atoms with Crippen molar-refractivity contribution in [2.24, 2.45) is 4.36 Å². The van der Waals surface area contributed by atoms with Gasteiger partial charge in [0.05, 0.1) is 19.4 Å². The topological polar surface area (TPSA) is 95.5 Å². The second kappa shape index (κ2) is 13.8. The quantitative estimate of drug-likeness (QED) is 0.128. The molecule has 222 valence electrons. The lowest BCUT2D eigenvalue weighted by molar-refractivity contribution is -0.121. The number of aromatic nitrogens is 1. The summed E-state index contributed by atoms with van der Waals surface area (Å²) in [5, 5.41) is 5.57. The SMILES string of the molecule is CC[Si](CC)(CC)c1cc(Br)nc(C(C)(CS(=O)(=NC)NCC(F)(F)F)NC(=S)NC(=O)c2ccccc2)c1F. The maximum atomic E-state index is 16.5. The van der Waals surface area contributed by atoms with Gasteiger partial charge in [0.25, 0.3) is 5.91 Å². The van der Waals surface area contributed by atoms with E-state index in [9.17, 15) is 22.2 Å². The number of nitrogens with one attached hydrogen (secondary N) is 3. The summed E-state index contributed by atoms with van der Waals surface area (Å²) in [5.41, 5.74) is -1.66. The number of nitrogens with zero attached hydrogens (tertiary/aromatic N) is 2. The number of thiocarbonyl (C=S) groups is 1. The van der Waals surface area contributed by atoms with Crippen LogP contribution in [0.25, 0.3) is 0 Å². The zero-order valence-corrected chi connectivity index (χ0v) is 27.1. The first kappa shape index (κ1) is 34.3. The minimum absolute atomic E-state index is 0.203. The molecule has 40 heavy (non-hydrogen) atoms. The number of amides is 1. The Morgan fingerprint density at radius 3 is 2.23 bits per heavy atom. The lowest BCUT2D eigenvalue weighted by Crippen LogP contribution is -2.56. The third-order valence-corrected chi connectivity index (χ3v) is 15.3. The molecule has 1 heterocycles. The van der Waals surface area contributed by atoms with Crippen molar-refractivity contribution in [2.75, 3.05) is 19.3 Å². The third-order valence-electron chi connectivity index (χ3n) is 6.98. The Morgan fingerprint density at radius 2 is 1.73 bits per heavy atom. The molecule has 0 saturated carbocycles. The van der Waals surface area contributed by atoms with Crippen LogP contribution >= 0.6 is 28.1 Å². The smallest absolute Gasteiger partial charge is 0.350 e. The molecular weight excluding hydrogens is 650 g/mol. The van der Waals surface area contributed by atoms with Crippen LogP contribution in [0, 0.1) is 5.82 Å². The fraction of sp³-hybridized carbons (Fsp3) is 0.480. The van der Waals surface area contributed by atoms with Crippen LogP contribution in [-0.4, -0.2) is 53.8 Å². The van der Waals surface area contributed by atoms with Gasteiger partial charge in [-0.05, 0) is 58.5 Å². The fourth-order valence-corrected chi connectivity index (χ4v) is 10.9. The first-order chi connectivity index (χ1) is 18.6. The van der Waals surface area contributed by atoms with Crippen molar-refractivity contribution in [2.45, 2.75) is 57.5 Å². The Balaban J connectivity index is 2.66. The molecule has 2 aromatic rings. The number of rotatable bonds is 11. The summed E-state index contributed by atoms with van der Waals surface area (Å²) in [6.07, 6.45) is -4.67. The highest BCUT2D eigenvalue weighted by Crippen LogP contribution is 2.30. The largest absolute Gasteiger partial charge is 0.402 e. The molecule has 1 amide bonds. The predicted octanol–water partition coefficient (Wildman–Crippen LogP) is 5.38. The monoisotopic (exact) mass is 683 g/mol. The average Bonchev–Trinajstić information content (AvgIpc) is 2.90. The first-order valence-electron chi connectivity index (χ1n) is 12.6. The van der Waals surface area contributed by atoms with Crippen molar-refractivity contribution in [3.05, 3.63) is 58.1 Å². The van der Waals surface area contributed by atoms with Gasteiger partial charge < -0.3 is 5.32 Å². The van der Waals surface area contributed by atoms with Crippen molar-refractivity contribution in [3.63, 3.8) is 0 Å². The summed E-state index contributed by atoms with van der Waals surface area (Å²) in [6.45, 7) is 5.85. The number of pyridine rings is 1. The molecule has 0 aliphatic carbocycles. The Labute approximate surface area is 247 Å². The number of carbonyl (C=O) groups excluding carboxylic acids is 1. The van der Waals surface area contributed by atoms with Crippen LogP contribution in [0.15, 0.2) is 45.4 Å². The number of alkyl halides is 3. The van der Waals surface area contributed by atoms with Crippen molar-refractivity contribution >= 4 is 62.3 Å². The molecule has 0 aliphatic heterocycles. The third kappa shape index (κ3) is 8.53. The molecular formula is C25H34BrF4N5O2S2Si. The van der Waals surface area contributed by atoms with Gasteiger partial charge in [-0.15, -0.1) is 0 Å². The summed E-state index contributed by atoms with van der Waals surface area (Å²) in [7, 11) is -5.00. The van der Waals surface area contributed by atoms with Gasteiger partial charge in [0.2, 0.25) is 0 Å². The lowest BCUT2D eigenvalue weighted by atomic mass is 9.99. The number of halogens is 5. The molecule has 0 bridgehead atoms. The summed E-state index contributed by atoms with van der Waals surface area (Å²) in [4.78, 5) is 17.1. The highest BCUT2D eigenvalue weighted by molar-refractivity contribution is 9.10. The fourth-order valence-electron chi connectivity index (χ4n) is 4.55. The molecule has 1 aromatic heterocycles. The summed E-state index contributed by atoms with van der Waals surface area (Å²) in [6, 6.07) is 12.1. The van der Waals surface area contributed by atoms with Gasteiger partial charge in [0.15, 0.2) is 5.11 Å². The molecule has 3 N–H and O–H groups in total. The van der Waals surface area contributed by atoms with E-state index in [1.165, 1.54) is 6.92 Å². The zero-order valence-electron chi connectivity index (χ0n) is 22.9. The Kier molecular flexibility index (Phi) is 11.8. The molecule has 2 unspecified atom stereocenters. The second-order valence-corrected chi connectivity index (χ2v) is 18.2. The van der Waals surface area contributed by atoms with E-state index in [1.807, 2.05) is 25.5 Å². The summed E-state index contributed by atoms with van der Waals surface area (Å²) < 4.78 is 75.1. The molecule has 0 saturated heterocycles. The lowest BCUT2D eigenvalue weighted by Gasteiger charge is -2.35. The number of carbonyl (C=O) groups is 1. The second-order valence-electron chi connectivity index (χ2n) is 9.51. The number of hydrogen-bond donors (Lipinski definition) is 3. The maximum Gasteiger partial charge on any atom is 0.402 e. The Morgan fingerprint density at radius 1 is 1.15 bits per heavy atom. The highest BCUT2D eigenvalue weighted by Gasteiger charge is 2.42. The van der Waals surface area contributed by atoms with Crippen LogP contribution in [0.3, 0.4) is 0 Å². The number of benzene rings is 1. The van der Waals surface area contributed by atoms with Crippen LogP contribution in [0.4, 0.5) is 17.6 Å². The van der Waals surface area contributed by atoms with Gasteiger partial charge in [-0.3, -0.25) is 10.1 Å². The molecule has 0 fully saturated rings. The highest BCUT2D eigenvalue weighted by atomic mass is 79.9. The Bertz CT molecular complexity index is 1330. The van der Waals surface area contributed by atoms with Crippen molar-refractivity contribution < 1.29 is 26.6 Å². The van der Waals surface area contributed by atoms with E-state index < -0.39 is 53.7 Å². The first-order valence-corrected chi connectivity index (χ1v) is 18.1. The molecule has 2 rings (SSSR count). The molecule has 0 spiro atoms. The molecule has 2 atom stereocenters. The van der Waals surface area contributed by atoms with E-state index >= 15 is 4.39 Å². The molecule has 0 aliphatic rings. The Hall–Kier alpha value is -1.94. The van der Waals surface area contributed by atoms with Gasteiger partial charge in [-0.2, -0.15) is 13.2 Å². The van der Waals surface area contributed by atoms with Crippen LogP contribution in [-0.2, 0) is 15.5 Å². The normalized spacial score (nSPS) is 15.1. The summed E-state index contributed by atoms with van der Waals surface area (Å²) >= 11 is 8.72. The van der Waals surface area contributed by atoms with E-state index in [-0.39, 0.29) is 10.8 Å².